The third-order valence-electron chi connectivity index (χ3n) is 5.53. The van der Waals surface area contributed by atoms with Gasteiger partial charge in [-0.2, -0.15) is 0 Å². The van der Waals surface area contributed by atoms with Crippen molar-refractivity contribution in [2.45, 2.75) is 51.1 Å². The van der Waals surface area contributed by atoms with Crippen LogP contribution in [0.3, 0.4) is 0 Å². The summed E-state index contributed by atoms with van der Waals surface area (Å²) in [5.41, 5.74) is 2.30. The highest BCUT2D eigenvalue weighted by atomic mass is 35.5. The Kier molecular flexibility index (Phi) is 10.8. The van der Waals surface area contributed by atoms with E-state index in [0.717, 1.165) is 16.7 Å². The highest BCUT2D eigenvalue weighted by Crippen LogP contribution is 2.25. The molecular weight excluding hydrogens is 547 g/mol. The average Bonchev–Trinajstić information content (AvgIpc) is 2.83. The van der Waals surface area contributed by atoms with E-state index in [1.165, 1.54) is 11.8 Å². The largest absolute Gasteiger partial charge is 0.350 e. The van der Waals surface area contributed by atoms with Gasteiger partial charge in [0, 0.05) is 39.3 Å². The van der Waals surface area contributed by atoms with Crippen molar-refractivity contribution >= 4 is 58.4 Å². The molecule has 0 fully saturated rings. The number of carbonyl (C=O) groups excluding carboxylic acids is 2. The fourth-order valence-corrected chi connectivity index (χ4v) is 5.22. The number of rotatable bonds is 10. The predicted molar refractivity (Wildman–Crippen MR) is 156 cm³/mol. The average molecular weight is 578 g/mol. The molecule has 0 aliphatic heterocycles. The summed E-state index contributed by atoms with van der Waals surface area (Å²) in [6, 6.07) is 21.7. The van der Waals surface area contributed by atoms with Crippen LogP contribution in [0.5, 0.6) is 0 Å². The van der Waals surface area contributed by atoms with Gasteiger partial charge in [0.15, 0.2) is 0 Å². The van der Waals surface area contributed by atoms with Gasteiger partial charge in [0.1, 0.15) is 6.04 Å². The SMILES string of the molecule is CC(C)(C)NC(=O)C(Cc1ccccc1)N(Cc1ccc(Cl)cc1Cl)C(=O)CSCc1ccc(Cl)cc1. The minimum absolute atomic E-state index is 0.144. The van der Waals surface area contributed by atoms with Crippen LogP contribution in [-0.2, 0) is 28.3 Å². The molecule has 8 heteroatoms. The van der Waals surface area contributed by atoms with Crippen LogP contribution >= 0.6 is 46.6 Å². The predicted octanol–water partition coefficient (Wildman–Crippen LogP) is 7.43. The Morgan fingerprint density at radius 2 is 1.54 bits per heavy atom. The number of carbonyl (C=O) groups is 2. The van der Waals surface area contributed by atoms with Crippen LogP contribution in [-0.4, -0.2) is 34.0 Å². The fourth-order valence-electron chi connectivity index (χ4n) is 3.76. The maximum absolute atomic E-state index is 13.7. The van der Waals surface area contributed by atoms with Crippen LogP contribution in [0.4, 0.5) is 0 Å². The number of nitrogens with zero attached hydrogens (tertiary/aromatic N) is 1. The number of hydrogen-bond donors (Lipinski definition) is 1. The first-order valence-corrected chi connectivity index (χ1v) is 14.2. The van der Waals surface area contributed by atoms with Crippen LogP contribution in [0.15, 0.2) is 72.8 Å². The Hall–Kier alpha value is -2.18. The first-order chi connectivity index (χ1) is 17.5. The molecule has 0 saturated carbocycles. The van der Waals surface area contributed by atoms with Crippen LogP contribution < -0.4 is 5.32 Å². The molecule has 3 aromatic carbocycles. The van der Waals surface area contributed by atoms with Crippen molar-refractivity contribution in [2.75, 3.05) is 5.75 Å². The van der Waals surface area contributed by atoms with Gasteiger partial charge in [-0.05, 0) is 61.7 Å². The van der Waals surface area contributed by atoms with Crippen molar-refractivity contribution in [2.24, 2.45) is 0 Å². The molecule has 0 aromatic heterocycles. The lowest BCUT2D eigenvalue weighted by atomic mass is 10.0. The second kappa shape index (κ2) is 13.6. The lowest BCUT2D eigenvalue weighted by molar-refractivity contribution is -0.140. The van der Waals surface area contributed by atoms with Crippen LogP contribution in [0.25, 0.3) is 0 Å². The zero-order valence-electron chi connectivity index (χ0n) is 21.1. The van der Waals surface area contributed by atoms with Gasteiger partial charge in [-0.3, -0.25) is 9.59 Å². The number of benzene rings is 3. The molecule has 0 aliphatic rings. The Labute approximate surface area is 238 Å². The van der Waals surface area contributed by atoms with Gasteiger partial charge in [-0.15, -0.1) is 11.8 Å². The standard InChI is InChI=1S/C29H31Cl3N2O2S/c1-29(2,3)33-28(36)26(15-20-7-5-4-6-8-20)34(17-22-11-14-24(31)16-25(22)32)27(35)19-37-18-21-9-12-23(30)13-10-21/h4-14,16,26H,15,17-19H2,1-3H3,(H,33,36). The zero-order chi connectivity index (χ0) is 27.0. The molecule has 0 bridgehead atoms. The van der Waals surface area contributed by atoms with E-state index in [1.54, 1.807) is 23.1 Å². The minimum atomic E-state index is -0.725. The molecule has 196 valence electrons. The lowest BCUT2D eigenvalue weighted by Gasteiger charge is -2.34. The summed E-state index contributed by atoms with van der Waals surface area (Å²) in [6.45, 7) is 5.96. The van der Waals surface area contributed by atoms with E-state index in [2.05, 4.69) is 5.32 Å². The second-order valence-corrected chi connectivity index (χ2v) is 12.1. The number of hydrogen-bond acceptors (Lipinski definition) is 3. The quantitative estimate of drug-likeness (QED) is 0.272. The summed E-state index contributed by atoms with van der Waals surface area (Å²) in [4.78, 5) is 28.9. The van der Waals surface area contributed by atoms with Crippen molar-refractivity contribution < 1.29 is 9.59 Å². The molecule has 0 saturated heterocycles. The van der Waals surface area contributed by atoms with E-state index in [4.69, 9.17) is 34.8 Å². The van der Waals surface area contributed by atoms with Crippen molar-refractivity contribution in [3.63, 3.8) is 0 Å². The number of thioether (sulfide) groups is 1. The first kappa shape index (κ1) is 29.4. The Bertz CT molecular complexity index is 1200. The number of amides is 2. The molecule has 2 amide bonds. The highest BCUT2D eigenvalue weighted by molar-refractivity contribution is 7.99. The molecule has 0 heterocycles. The summed E-state index contributed by atoms with van der Waals surface area (Å²) < 4.78 is 0. The zero-order valence-corrected chi connectivity index (χ0v) is 24.2. The highest BCUT2D eigenvalue weighted by Gasteiger charge is 2.32. The Balaban J connectivity index is 1.89. The molecule has 37 heavy (non-hydrogen) atoms. The van der Waals surface area contributed by atoms with Crippen molar-refractivity contribution in [3.8, 4) is 0 Å². The third-order valence-corrected chi connectivity index (χ3v) is 7.36. The van der Waals surface area contributed by atoms with Gasteiger partial charge < -0.3 is 10.2 Å². The molecular formula is C29H31Cl3N2O2S. The summed E-state index contributed by atoms with van der Waals surface area (Å²) >= 11 is 20.1. The molecule has 0 radical (unpaired) electrons. The van der Waals surface area contributed by atoms with E-state index in [-0.39, 0.29) is 24.1 Å². The maximum atomic E-state index is 13.7. The first-order valence-electron chi connectivity index (χ1n) is 11.9. The van der Waals surface area contributed by atoms with Gasteiger partial charge in [0.25, 0.3) is 0 Å². The summed E-state index contributed by atoms with van der Waals surface area (Å²) in [5, 5.41) is 4.70. The number of halogens is 3. The van der Waals surface area contributed by atoms with E-state index in [0.29, 0.717) is 27.2 Å². The van der Waals surface area contributed by atoms with Gasteiger partial charge in [-0.1, -0.05) is 83.3 Å². The molecule has 3 aromatic rings. The molecule has 1 N–H and O–H groups in total. The fraction of sp³-hybridized carbons (Fsp3) is 0.310. The van der Waals surface area contributed by atoms with Gasteiger partial charge in [-0.25, -0.2) is 0 Å². The third kappa shape index (κ3) is 9.57. The Morgan fingerprint density at radius 1 is 0.892 bits per heavy atom. The number of nitrogens with one attached hydrogen (secondary N) is 1. The smallest absolute Gasteiger partial charge is 0.243 e. The summed E-state index contributed by atoms with van der Waals surface area (Å²) in [5.74, 6) is 0.505. The van der Waals surface area contributed by atoms with Crippen molar-refractivity contribution in [1.82, 2.24) is 10.2 Å². The summed E-state index contributed by atoms with van der Waals surface area (Å²) in [6.07, 6.45) is 0.377. The van der Waals surface area contributed by atoms with Crippen LogP contribution in [0.2, 0.25) is 15.1 Å². The maximum Gasteiger partial charge on any atom is 0.243 e. The van der Waals surface area contributed by atoms with Crippen LogP contribution in [0.1, 0.15) is 37.5 Å². The normalized spacial score (nSPS) is 12.2. The second-order valence-electron chi connectivity index (χ2n) is 9.82. The van der Waals surface area contributed by atoms with E-state index in [1.807, 2.05) is 75.4 Å². The van der Waals surface area contributed by atoms with E-state index >= 15 is 0 Å². The molecule has 4 nitrogen and oxygen atoms in total. The molecule has 3 rings (SSSR count). The topological polar surface area (TPSA) is 49.4 Å². The molecule has 0 aliphatic carbocycles. The lowest BCUT2D eigenvalue weighted by Crippen LogP contribution is -2.54. The minimum Gasteiger partial charge on any atom is -0.350 e. The summed E-state index contributed by atoms with van der Waals surface area (Å²) in [7, 11) is 0. The molecule has 1 unspecified atom stereocenters. The molecule has 0 spiro atoms. The van der Waals surface area contributed by atoms with Gasteiger partial charge >= 0.3 is 0 Å². The van der Waals surface area contributed by atoms with Gasteiger partial charge in [0.2, 0.25) is 11.8 Å². The van der Waals surface area contributed by atoms with Crippen LogP contribution in [0, 0.1) is 0 Å². The molecule has 1 atom stereocenters. The monoisotopic (exact) mass is 576 g/mol. The van der Waals surface area contributed by atoms with Crippen molar-refractivity contribution in [1.29, 1.82) is 0 Å². The van der Waals surface area contributed by atoms with E-state index < -0.39 is 11.6 Å². The Morgan fingerprint density at radius 3 is 2.16 bits per heavy atom. The van der Waals surface area contributed by atoms with E-state index in [9.17, 15) is 9.59 Å². The van der Waals surface area contributed by atoms with Crippen molar-refractivity contribution in [3.05, 3.63) is 105 Å². The van der Waals surface area contributed by atoms with Gasteiger partial charge in [0.05, 0.1) is 5.75 Å².